The van der Waals surface area contributed by atoms with Gasteiger partial charge in [0.25, 0.3) is 0 Å². The molecule has 1 fully saturated rings. The van der Waals surface area contributed by atoms with Crippen LogP contribution in [-0.2, 0) is 27.3 Å². The zero-order valence-electron chi connectivity index (χ0n) is 28.8. The Morgan fingerprint density at radius 1 is 0.740 bits per heavy atom. The highest BCUT2D eigenvalue weighted by Gasteiger charge is 2.30. The van der Waals surface area contributed by atoms with Gasteiger partial charge in [0.2, 0.25) is 5.91 Å². The SMILES string of the molecule is CC(C)(C)OC(=O)N1CCN(c2cccc(C(=O)c3ccccc3)c2NC(=O)[C@H](CCc2ccccc2)NC(=O)OCc2ccccc2)CC1. The number of piperazine rings is 1. The number of alkyl carbamates (subject to hydrolysis) is 1. The van der Waals surface area contributed by atoms with Crippen molar-refractivity contribution in [1.29, 1.82) is 0 Å². The number of nitrogens with zero attached hydrogens (tertiary/aromatic N) is 2. The van der Waals surface area contributed by atoms with E-state index < -0.39 is 23.6 Å². The molecule has 10 heteroatoms. The molecular weight excluding hydrogens is 632 g/mol. The summed E-state index contributed by atoms with van der Waals surface area (Å²) in [5.74, 6) is -0.745. The van der Waals surface area contributed by atoms with Crippen molar-refractivity contribution in [3.63, 3.8) is 0 Å². The molecule has 0 spiro atoms. The van der Waals surface area contributed by atoms with Gasteiger partial charge < -0.3 is 29.9 Å². The Labute approximate surface area is 293 Å². The minimum Gasteiger partial charge on any atom is -0.445 e. The van der Waals surface area contributed by atoms with E-state index in [4.69, 9.17) is 9.47 Å². The van der Waals surface area contributed by atoms with Crippen LogP contribution in [-0.4, -0.2) is 66.6 Å². The monoisotopic (exact) mass is 676 g/mol. The van der Waals surface area contributed by atoms with E-state index in [1.807, 2.05) is 98.5 Å². The van der Waals surface area contributed by atoms with Crippen LogP contribution < -0.4 is 15.5 Å². The summed E-state index contributed by atoms with van der Waals surface area (Å²) in [6.07, 6.45) is -0.309. The van der Waals surface area contributed by atoms with Crippen LogP contribution in [0, 0.1) is 0 Å². The molecule has 0 bridgehead atoms. The highest BCUT2D eigenvalue weighted by atomic mass is 16.6. The Morgan fingerprint density at radius 3 is 1.96 bits per heavy atom. The van der Waals surface area contributed by atoms with Gasteiger partial charge in [0.1, 0.15) is 18.2 Å². The Morgan fingerprint density at radius 2 is 1.34 bits per heavy atom. The van der Waals surface area contributed by atoms with Gasteiger partial charge in [-0.15, -0.1) is 0 Å². The predicted molar refractivity (Wildman–Crippen MR) is 193 cm³/mol. The van der Waals surface area contributed by atoms with Gasteiger partial charge in [-0.2, -0.15) is 0 Å². The largest absolute Gasteiger partial charge is 0.445 e. The van der Waals surface area contributed by atoms with Crippen molar-refractivity contribution in [3.05, 3.63) is 131 Å². The Balaban J connectivity index is 1.40. The van der Waals surface area contributed by atoms with Crippen molar-refractivity contribution in [2.45, 2.75) is 51.9 Å². The third-order valence-corrected chi connectivity index (χ3v) is 8.23. The van der Waals surface area contributed by atoms with E-state index in [2.05, 4.69) is 10.6 Å². The number of ether oxygens (including phenoxy) is 2. The normalized spacial score (nSPS) is 13.6. The van der Waals surface area contributed by atoms with Gasteiger partial charge in [0.05, 0.1) is 11.4 Å². The van der Waals surface area contributed by atoms with Crippen molar-refractivity contribution >= 4 is 35.3 Å². The van der Waals surface area contributed by atoms with Gasteiger partial charge >= 0.3 is 12.2 Å². The van der Waals surface area contributed by atoms with Crippen molar-refractivity contribution in [2.24, 2.45) is 0 Å². The summed E-state index contributed by atoms with van der Waals surface area (Å²) in [7, 11) is 0. The molecule has 0 aromatic heterocycles. The number of carbonyl (C=O) groups is 4. The molecule has 4 aromatic carbocycles. The number of para-hydroxylation sites is 1. The zero-order chi connectivity index (χ0) is 35.5. The van der Waals surface area contributed by atoms with Crippen LogP contribution in [0.5, 0.6) is 0 Å². The number of hydrogen-bond acceptors (Lipinski definition) is 7. The zero-order valence-corrected chi connectivity index (χ0v) is 28.8. The number of carbonyl (C=O) groups excluding carboxylic acids is 4. The standard InChI is InChI=1S/C40H44N4O6/c1-40(2,3)50-39(48)44-26-24-43(25-27-44)34-21-13-20-32(36(45)31-18-11-6-12-19-31)35(34)42-37(46)33(23-22-29-14-7-4-8-15-29)41-38(47)49-28-30-16-9-5-10-17-30/h4-21,33H,22-28H2,1-3H3,(H,41,47)(H,42,46)/t33-/m0/s1. The molecule has 260 valence electrons. The van der Waals surface area contributed by atoms with E-state index in [-0.39, 0.29) is 24.9 Å². The summed E-state index contributed by atoms with van der Waals surface area (Å²) in [6, 6.07) is 32.2. The van der Waals surface area contributed by atoms with Crippen LogP contribution in [0.25, 0.3) is 0 Å². The molecule has 0 saturated carbocycles. The fourth-order valence-electron chi connectivity index (χ4n) is 5.67. The van der Waals surface area contributed by atoms with Crippen molar-refractivity contribution in [3.8, 4) is 0 Å². The first kappa shape index (κ1) is 35.7. The molecule has 0 unspecified atom stereocenters. The number of ketones is 1. The van der Waals surface area contributed by atoms with Gasteiger partial charge in [0.15, 0.2) is 5.78 Å². The summed E-state index contributed by atoms with van der Waals surface area (Å²) < 4.78 is 11.0. The van der Waals surface area contributed by atoms with Gasteiger partial charge in [-0.3, -0.25) is 9.59 Å². The molecule has 50 heavy (non-hydrogen) atoms. The predicted octanol–water partition coefficient (Wildman–Crippen LogP) is 6.84. The van der Waals surface area contributed by atoms with Crippen LogP contribution in [0.3, 0.4) is 0 Å². The van der Waals surface area contributed by atoms with Crippen LogP contribution in [0.15, 0.2) is 109 Å². The number of aryl methyl sites for hydroxylation is 1. The molecule has 1 heterocycles. The Kier molecular flexibility index (Phi) is 11.9. The van der Waals surface area contributed by atoms with Gasteiger partial charge in [0, 0.05) is 37.3 Å². The summed E-state index contributed by atoms with van der Waals surface area (Å²) in [5, 5.41) is 5.79. The average molecular weight is 677 g/mol. The van der Waals surface area contributed by atoms with Gasteiger partial charge in [-0.25, -0.2) is 9.59 Å². The summed E-state index contributed by atoms with van der Waals surface area (Å²) in [5.41, 5.74) is 2.96. The average Bonchev–Trinajstić information content (AvgIpc) is 3.13. The third-order valence-electron chi connectivity index (χ3n) is 8.23. The summed E-state index contributed by atoms with van der Waals surface area (Å²) in [4.78, 5) is 57.6. The van der Waals surface area contributed by atoms with Crippen molar-refractivity contribution in [2.75, 3.05) is 36.4 Å². The number of nitrogens with one attached hydrogen (secondary N) is 2. The highest BCUT2D eigenvalue weighted by molar-refractivity contribution is 6.16. The first-order chi connectivity index (χ1) is 24.1. The van der Waals surface area contributed by atoms with E-state index in [9.17, 15) is 19.2 Å². The smallest absolute Gasteiger partial charge is 0.410 e. The lowest BCUT2D eigenvalue weighted by Gasteiger charge is -2.37. The maximum Gasteiger partial charge on any atom is 0.410 e. The van der Waals surface area contributed by atoms with Crippen LogP contribution in [0.4, 0.5) is 21.0 Å². The minimum atomic E-state index is -0.977. The number of anilines is 2. The molecule has 4 aromatic rings. The summed E-state index contributed by atoms with van der Waals surface area (Å²) >= 11 is 0. The van der Waals surface area contributed by atoms with E-state index in [0.717, 1.165) is 11.1 Å². The second kappa shape index (κ2) is 16.6. The minimum absolute atomic E-state index is 0.0491. The highest BCUT2D eigenvalue weighted by Crippen LogP contribution is 2.33. The number of amides is 3. The van der Waals surface area contributed by atoms with Crippen LogP contribution in [0.1, 0.15) is 54.2 Å². The fraction of sp³-hybridized carbons (Fsp3) is 0.300. The molecule has 1 aliphatic heterocycles. The van der Waals surface area contributed by atoms with E-state index >= 15 is 0 Å². The van der Waals surface area contributed by atoms with E-state index in [1.165, 1.54) is 0 Å². The van der Waals surface area contributed by atoms with Gasteiger partial charge in [-0.05, 0) is 56.9 Å². The third kappa shape index (κ3) is 9.95. The van der Waals surface area contributed by atoms with Crippen LogP contribution >= 0.6 is 0 Å². The molecule has 1 atom stereocenters. The molecule has 3 amide bonds. The van der Waals surface area contributed by atoms with Crippen LogP contribution in [0.2, 0.25) is 0 Å². The van der Waals surface area contributed by atoms with E-state index in [0.29, 0.717) is 55.1 Å². The number of hydrogen-bond donors (Lipinski definition) is 2. The van der Waals surface area contributed by atoms with Gasteiger partial charge in [-0.1, -0.05) is 97.1 Å². The molecule has 5 rings (SSSR count). The molecule has 1 saturated heterocycles. The molecule has 2 N–H and O–H groups in total. The first-order valence-electron chi connectivity index (χ1n) is 16.8. The molecule has 0 radical (unpaired) electrons. The molecular formula is C40H44N4O6. The lowest BCUT2D eigenvalue weighted by molar-refractivity contribution is -0.118. The van der Waals surface area contributed by atoms with E-state index in [1.54, 1.807) is 41.3 Å². The van der Waals surface area contributed by atoms with Crippen molar-refractivity contribution < 1.29 is 28.7 Å². The second-order valence-electron chi connectivity index (χ2n) is 13.1. The molecule has 1 aliphatic rings. The second-order valence-corrected chi connectivity index (χ2v) is 13.1. The topological polar surface area (TPSA) is 117 Å². The number of rotatable bonds is 11. The first-order valence-corrected chi connectivity index (χ1v) is 16.8. The summed E-state index contributed by atoms with van der Waals surface area (Å²) in [6.45, 7) is 7.23. The lowest BCUT2D eigenvalue weighted by Crippen LogP contribution is -2.50. The maximum absolute atomic E-state index is 14.2. The Hall–Kier alpha value is -5.64. The van der Waals surface area contributed by atoms with Crippen molar-refractivity contribution in [1.82, 2.24) is 10.2 Å². The molecule has 0 aliphatic carbocycles. The quantitative estimate of drug-likeness (QED) is 0.167. The lowest BCUT2D eigenvalue weighted by atomic mass is 9.99. The fourth-order valence-corrected chi connectivity index (χ4v) is 5.67. The molecule has 10 nitrogen and oxygen atoms in total. The number of benzene rings is 4. The Bertz CT molecular complexity index is 1750. The maximum atomic E-state index is 14.2.